The lowest BCUT2D eigenvalue weighted by Gasteiger charge is -2.17. The molecule has 0 saturated heterocycles. The molecule has 1 heterocycles. The third-order valence-corrected chi connectivity index (χ3v) is 7.28. The zero-order chi connectivity index (χ0) is 22.1. The average molecular weight is 440 g/mol. The van der Waals surface area contributed by atoms with Gasteiger partial charge in [0.25, 0.3) is 10.0 Å². The van der Waals surface area contributed by atoms with E-state index in [4.69, 9.17) is 4.52 Å². The van der Waals surface area contributed by atoms with Crippen molar-refractivity contribution in [2.45, 2.75) is 43.4 Å². The van der Waals surface area contributed by atoms with Crippen LogP contribution in [0.4, 0.5) is 5.69 Å². The van der Waals surface area contributed by atoms with Gasteiger partial charge in [0.2, 0.25) is 5.91 Å². The van der Waals surface area contributed by atoms with Crippen molar-refractivity contribution in [3.63, 3.8) is 0 Å². The number of anilines is 1. The molecule has 0 spiro atoms. The van der Waals surface area contributed by atoms with E-state index in [9.17, 15) is 13.2 Å². The molecule has 0 aliphatic heterocycles. The Morgan fingerprint density at radius 2 is 1.74 bits per heavy atom. The van der Waals surface area contributed by atoms with Crippen molar-refractivity contribution in [2.24, 2.45) is 0 Å². The molecule has 0 atom stereocenters. The first-order chi connectivity index (χ1) is 14.8. The zero-order valence-corrected chi connectivity index (χ0v) is 18.3. The van der Waals surface area contributed by atoms with Crippen LogP contribution in [0.2, 0.25) is 0 Å². The van der Waals surface area contributed by atoms with Gasteiger partial charge in [-0.3, -0.25) is 9.52 Å². The summed E-state index contributed by atoms with van der Waals surface area (Å²) in [5.41, 5.74) is 2.29. The maximum atomic E-state index is 12.8. The minimum Gasteiger partial charge on any atom is -0.360 e. The largest absolute Gasteiger partial charge is 0.360 e. The van der Waals surface area contributed by atoms with Gasteiger partial charge in [-0.15, -0.1) is 0 Å². The Morgan fingerprint density at radius 1 is 1.06 bits per heavy atom. The average Bonchev–Trinajstić information content (AvgIpc) is 3.48. The van der Waals surface area contributed by atoms with E-state index >= 15 is 0 Å². The predicted molar refractivity (Wildman–Crippen MR) is 117 cm³/mol. The summed E-state index contributed by atoms with van der Waals surface area (Å²) in [6, 6.07) is 17.0. The second-order valence-corrected chi connectivity index (χ2v) is 9.53. The number of carbonyl (C=O) groups excluding carboxylic acids is 1. The first kappa shape index (κ1) is 21.1. The minimum absolute atomic E-state index is 0.0208. The third-order valence-electron chi connectivity index (χ3n) is 5.65. The highest BCUT2D eigenvalue weighted by molar-refractivity contribution is 7.92. The van der Waals surface area contributed by atoms with Crippen molar-refractivity contribution in [3.8, 4) is 0 Å². The number of hydrogen-bond acceptors (Lipinski definition) is 5. The van der Waals surface area contributed by atoms with Crippen molar-refractivity contribution in [1.29, 1.82) is 0 Å². The summed E-state index contributed by atoms with van der Waals surface area (Å²) in [5, 5.41) is 6.75. The molecule has 1 aliphatic carbocycles. The molecule has 2 aromatic carbocycles. The van der Waals surface area contributed by atoms with Crippen LogP contribution < -0.4 is 10.0 Å². The van der Waals surface area contributed by atoms with Crippen LogP contribution in [-0.2, 0) is 26.7 Å². The van der Waals surface area contributed by atoms with Gasteiger partial charge in [0.1, 0.15) is 5.69 Å². The fraction of sp³-hybridized carbons (Fsp3) is 0.304. The lowest BCUT2D eigenvalue weighted by Crippen LogP contribution is -2.35. The van der Waals surface area contributed by atoms with Crippen molar-refractivity contribution < 1.29 is 17.7 Å². The van der Waals surface area contributed by atoms with E-state index in [1.807, 2.05) is 42.5 Å². The van der Waals surface area contributed by atoms with Crippen molar-refractivity contribution in [3.05, 3.63) is 77.2 Å². The molecule has 4 rings (SSSR count). The van der Waals surface area contributed by atoms with Gasteiger partial charge in [-0.05, 0) is 56.4 Å². The molecular formula is C23H25N3O4S. The normalized spacial score (nSPS) is 14.8. The van der Waals surface area contributed by atoms with Gasteiger partial charge < -0.3 is 9.84 Å². The van der Waals surface area contributed by atoms with Crippen LogP contribution in [0.1, 0.15) is 35.4 Å². The number of amides is 1. The van der Waals surface area contributed by atoms with Gasteiger partial charge in [-0.25, -0.2) is 8.42 Å². The van der Waals surface area contributed by atoms with Crippen LogP contribution in [0.25, 0.3) is 0 Å². The quantitative estimate of drug-likeness (QED) is 0.560. The van der Waals surface area contributed by atoms with Crippen LogP contribution in [0.3, 0.4) is 0 Å². The number of carbonyl (C=O) groups is 1. The molecule has 3 aromatic rings. The summed E-state index contributed by atoms with van der Waals surface area (Å²) in [6.45, 7) is 3.73. The van der Waals surface area contributed by atoms with E-state index < -0.39 is 15.4 Å². The predicted octanol–water partition coefficient (Wildman–Crippen LogP) is 3.48. The van der Waals surface area contributed by atoms with Crippen LogP contribution in [0, 0.1) is 13.8 Å². The van der Waals surface area contributed by atoms with E-state index in [-0.39, 0.29) is 16.6 Å². The number of nitrogens with one attached hydrogen (secondary N) is 2. The summed E-state index contributed by atoms with van der Waals surface area (Å²) >= 11 is 0. The molecule has 8 heteroatoms. The van der Waals surface area contributed by atoms with Gasteiger partial charge in [-0.1, -0.05) is 47.6 Å². The summed E-state index contributed by atoms with van der Waals surface area (Å²) < 4.78 is 32.9. The standard InChI is InChI=1S/C23H25N3O4S/c1-16-21(17(2)30-25-16)31(28,29)26-20-10-8-19(9-11-20)23(13-14-23)22(27)24-15-12-18-6-4-3-5-7-18/h3-11,26H,12-15H2,1-2H3,(H,24,27). The molecule has 31 heavy (non-hydrogen) atoms. The Kier molecular flexibility index (Phi) is 5.58. The Balaban J connectivity index is 1.41. The number of aryl methyl sites for hydroxylation is 2. The fourth-order valence-corrected chi connectivity index (χ4v) is 5.22. The lowest BCUT2D eigenvalue weighted by molar-refractivity contribution is -0.123. The molecule has 1 saturated carbocycles. The summed E-state index contributed by atoms with van der Waals surface area (Å²) in [4.78, 5) is 12.9. The smallest absolute Gasteiger partial charge is 0.267 e. The molecule has 1 fully saturated rings. The number of nitrogens with zero attached hydrogens (tertiary/aromatic N) is 1. The maximum Gasteiger partial charge on any atom is 0.267 e. The van der Waals surface area contributed by atoms with Gasteiger partial charge in [-0.2, -0.15) is 0 Å². The van der Waals surface area contributed by atoms with Gasteiger partial charge in [0, 0.05) is 12.2 Å². The topological polar surface area (TPSA) is 101 Å². The summed E-state index contributed by atoms with van der Waals surface area (Å²) in [5.74, 6) is 0.262. The lowest BCUT2D eigenvalue weighted by atomic mass is 9.94. The molecule has 7 nitrogen and oxygen atoms in total. The monoisotopic (exact) mass is 439 g/mol. The van der Waals surface area contributed by atoms with E-state index in [0.29, 0.717) is 17.9 Å². The Hall–Kier alpha value is -3.13. The highest BCUT2D eigenvalue weighted by Crippen LogP contribution is 2.48. The Bertz CT molecular complexity index is 1160. The number of sulfonamides is 1. The molecular weight excluding hydrogens is 414 g/mol. The van der Waals surface area contributed by atoms with E-state index in [2.05, 4.69) is 15.2 Å². The fourth-order valence-electron chi connectivity index (χ4n) is 3.83. The maximum absolute atomic E-state index is 12.8. The Labute approximate surface area is 181 Å². The van der Waals surface area contributed by atoms with Crippen molar-refractivity contribution in [2.75, 3.05) is 11.3 Å². The van der Waals surface area contributed by atoms with Crippen LogP contribution in [0.15, 0.2) is 64.0 Å². The second kappa shape index (κ2) is 8.19. The van der Waals surface area contributed by atoms with Crippen LogP contribution in [-0.4, -0.2) is 26.0 Å². The molecule has 0 bridgehead atoms. The first-order valence-corrected chi connectivity index (χ1v) is 11.7. The number of hydrogen-bond donors (Lipinski definition) is 2. The highest BCUT2D eigenvalue weighted by Gasteiger charge is 2.51. The van der Waals surface area contributed by atoms with Gasteiger partial charge >= 0.3 is 0 Å². The molecule has 1 amide bonds. The summed E-state index contributed by atoms with van der Waals surface area (Å²) in [6.07, 6.45) is 2.35. The van der Waals surface area contributed by atoms with Crippen molar-refractivity contribution in [1.82, 2.24) is 10.5 Å². The molecule has 162 valence electrons. The molecule has 1 aromatic heterocycles. The number of aromatic nitrogens is 1. The molecule has 0 unspecified atom stereocenters. The third kappa shape index (κ3) is 4.34. The number of benzene rings is 2. The van der Waals surface area contributed by atoms with E-state index in [1.165, 1.54) is 5.56 Å². The summed E-state index contributed by atoms with van der Waals surface area (Å²) in [7, 11) is -3.80. The van der Waals surface area contributed by atoms with Crippen molar-refractivity contribution >= 4 is 21.6 Å². The first-order valence-electron chi connectivity index (χ1n) is 10.2. The second-order valence-electron chi connectivity index (χ2n) is 7.91. The van der Waals surface area contributed by atoms with Crippen LogP contribution >= 0.6 is 0 Å². The van der Waals surface area contributed by atoms with Gasteiger partial charge in [0.05, 0.1) is 5.41 Å². The zero-order valence-electron chi connectivity index (χ0n) is 17.5. The highest BCUT2D eigenvalue weighted by atomic mass is 32.2. The minimum atomic E-state index is -3.80. The van der Waals surface area contributed by atoms with Gasteiger partial charge in [0.15, 0.2) is 10.7 Å². The van der Waals surface area contributed by atoms with E-state index in [1.54, 1.807) is 26.0 Å². The molecule has 0 radical (unpaired) electrons. The Morgan fingerprint density at radius 3 is 2.32 bits per heavy atom. The van der Waals surface area contributed by atoms with E-state index in [0.717, 1.165) is 24.8 Å². The SMILES string of the molecule is Cc1noc(C)c1S(=O)(=O)Nc1ccc(C2(C(=O)NCCc3ccccc3)CC2)cc1. The number of rotatable bonds is 8. The molecule has 2 N–H and O–H groups in total. The van der Waals surface area contributed by atoms with Crippen LogP contribution in [0.5, 0.6) is 0 Å². The molecule has 1 aliphatic rings.